The monoisotopic (exact) mass is 327 g/mol. The lowest BCUT2D eigenvalue weighted by Crippen LogP contribution is -2.37. The number of thiazole rings is 1. The van der Waals surface area contributed by atoms with Crippen LogP contribution >= 0.6 is 11.3 Å². The van der Waals surface area contributed by atoms with Crippen LogP contribution in [-0.2, 0) is 19.5 Å². The molecule has 1 unspecified atom stereocenters. The number of hydrogen-bond donors (Lipinski definition) is 1. The minimum absolute atomic E-state index is 0.391. The van der Waals surface area contributed by atoms with E-state index >= 15 is 0 Å². The Hall–Kier alpha value is -1.79. The summed E-state index contributed by atoms with van der Waals surface area (Å²) in [5.41, 5.74) is 1.10. The average Bonchev–Trinajstić information content (AvgIpc) is 3.15. The summed E-state index contributed by atoms with van der Waals surface area (Å²) in [6.45, 7) is 6.01. The van der Waals surface area contributed by atoms with Gasteiger partial charge in [0.2, 0.25) is 0 Å². The number of fused-ring (bicyclic) bond motifs is 2. The van der Waals surface area contributed by atoms with E-state index in [1.54, 1.807) is 11.3 Å². The van der Waals surface area contributed by atoms with Crippen molar-refractivity contribution in [1.29, 1.82) is 0 Å². The Balaban J connectivity index is 1.41. The maximum absolute atomic E-state index is 4.69. The predicted molar refractivity (Wildman–Crippen MR) is 92.7 cm³/mol. The van der Waals surface area contributed by atoms with Crippen molar-refractivity contribution in [1.82, 2.24) is 25.1 Å². The molecule has 0 saturated carbocycles. The molecular weight excluding hydrogens is 306 g/mol. The van der Waals surface area contributed by atoms with Crippen molar-refractivity contribution in [3.63, 3.8) is 0 Å². The largest absolute Gasteiger partial charge is 0.306 e. The molecule has 23 heavy (non-hydrogen) atoms. The van der Waals surface area contributed by atoms with Crippen LogP contribution in [0.4, 0.5) is 0 Å². The summed E-state index contributed by atoms with van der Waals surface area (Å²) < 4.78 is 3.34. The highest BCUT2D eigenvalue weighted by atomic mass is 32.1. The molecule has 3 aromatic rings. The van der Waals surface area contributed by atoms with Crippen molar-refractivity contribution < 1.29 is 0 Å². The summed E-state index contributed by atoms with van der Waals surface area (Å²) in [6, 6.07) is 8.75. The summed E-state index contributed by atoms with van der Waals surface area (Å²) in [5, 5.41) is 9.43. The molecule has 120 valence electrons. The molecule has 1 aliphatic rings. The standard InChI is InChI=1S/C17H21N5S/c1-11(2)17-20-15-8-7-12(10-22(15)21-17)18-9-16-19-13-5-3-4-6-14(13)23-16/h3-6,11-12,18H,7-10H2,1-2H3. The molecule has 3 heterocycles. The number of para-hydroxylation sites is 1. The van der Waals surface area contributed by atoms with Crippen LogP contribution in [0, 0.1) is 0 Å². The quantitative estimate of drug-likeness (QED) is 0.800. The van der Waals surface area contributed by atoms with E-state index in [0.717, 1.165) is 48.1 Å². The van der Waals surface area contributed by atoms with Gasteiger partial charge >= 0.3 is 0 Å². The van der Waals surface area contributed by atoms with Crippen LogP contribution in [0.1, 0.15) is 42.8 Å². The summed E-state index contributed by atoms with van der Waals surface area (Å²) >= 11 is 1.77. The fourth-order valence-electron chi connectivity index (χ4n) is 2.97. The smallest absolute Gasteiger partial charge is 0.153 e. The van der Waals surface area contributed by atoms with Gasteiger partial charge in [-0.3, -0.25) is 0 Å². The molecule has 1 N–H and O–H groups in total. The fourth-order valence-corrected chi connectivity index (χ4v) is 3.88. The molecule has 0 fully saturated rings. The van der Waals surface area contributed by atoms with Crippen LogP contribution in [0.3, 0.4) is 0 Å². The van der Waals surface area contributed by atoms with Gasteiger partial charge in [0.15, 0.2) is 5.82 Å². The maximum atomic E-state index is 4.69. The Bertz CT molecular complexity index is 786. The van der Waals surface area contributed by atoms with Crippen LogP contribution in [0.15, 0.2) is 24.3 Å². The van der Waals surface area contributed by atoms with Crippen LogP contribution in [-0.4, -0.2) is 25.8 Å². The maximum Gasteiger partial charge on any atom is 0.153 e. The number of aromatic nitrogens is 4. The Morgan fingerprint density at radius 2 is 2.17 bits per heavy atom. The number of nitrogens with one attached hydrogen (secondary N) is 1. The van der Waals surface area contributed by atoms with Gasteiger partial charge in [0.25, 0.3) is 0 Å². The van der Waals surface area contributed by atoms with E-state index in [1.807, 2.05) is 6.07 Å². The van der Waals surface area contributed by atoms with Crippen molar-refractivity contribution in [2.24, 2.45) is 0 Å². The Morgan fingerprint density at radius 3 is 3.00 bits per heavy atom. The summed E-state index contributed by atoms with van der Waals surface area (Å²) in [7, 11) is 0. The average molecular weight is 327 g/mol. The second-order valence-corrected chi connectivity index (χ2v) is 7.53. The molecule has 1 atom stereocenters. The topological polar surface area (TPSA) is 55.6 Å². The lowest BCUT2D eigenvalue weighted by molar-refractivity contribution is 0.357. The molecule has 0 aliphatic carbocycles. The third-order valence-corrected chi connectivity index (χ3v) is 5.31. The van der Waals surface area contributed by atoms with E-state index < -0.39 is 0 Å². The first kappa shape index (κ1) is 14.8. The first-order chi connectivity index (χ1) is 11.2. The summed E-state index contributed by atoms with van der Waals surface area (Å²) in [6.07, 6.45) is 2.11. The molecule has 1 aromatic carbocycles. The van der Waals surface area contributed by atoms with Crippen molar-refractivity contribution in [3.05, 3.63) is 40.9 Å². The van der Waals surface area contributed by atoms with Crippen molar-refractivity contribution in [2.45, 2.75) is 51.7 Å². The first-order valence-corrected chi connectivity index (χ1v) is 9.02. The van der Waals surface area contributed by atoms with Crippen molar-refractivity contribution in [2.75, 3.05) is 0 Å². The van der Waals surface area contributed by atoms with E-state index in [4.69, 9.17) is 0 Å². The van der Waals surface area contributed by atoms with Crippen molar-refractivity contribution >= 4 is 21.6 Å². The van der Waals surface area contributed by atoms with Gasteiger partial charge in [0, 0.05) is 24.9 Å². The molecule has 0 bridgehead atoms. The lowest BCUT2D eigenvalue weighted by Gasteiger charge is -2.23. The first-order valence-electron chi connectivity index (χ1n) is 8.20. The van der Waals surface area contributed by atoms with Gasteiger partial charge in [-0.2, -0.15) is 5.10 Å². The third kappa shape index (κ3) is 3.01. The van der Waals surface area contributed by atoms with Crippen LogP contribution in [0.5, 0.6) is 0 Å². The SMILES string of the molecule is CC(C)c1nc2n(n1)CC(NCc1nc3ccccc3s1)CC2. The highest BCUT2D eigenvalue weighted by Crippen LogP contribution is 2.22. The second kappa shape index (κ2) is 6.02. The normalized spacial score (nSPS) is 17.8. The molecule has 6 heteroatoms. The van der Waals surface area contributed by atoms with Gasteiger partial charge in [0.05, 0.1) is 16.8 Å². The Kier molecular flexibility index (Phi) is 3.87. The molecule has 0 spiro atoms. The summed E-state index contributed by atoms with van der Waals surface area (Å²) in [5.74, 6) is 2.49. The van der Waals surface area contributed by atoms with Gasteiger partial charge in [-0.05, 0) is 18.6 Å². The van der Waals surface area contributed by atoms with E-state index in [9.17, 15) is 0 Å². The Morgan fingerprint density at radius 1 is 1.30 bits per heavy atom. The number of benzene rings is 1. The molecule has 0 saturated heterocycles. The number of rotatable bonds is 4. The van der Waals surface area contributed by atoms with Gasteiger partial charge in [-0.1, -0.05) is 26.0 Å². The highest BCUT2D eigenvalue weighted by Gasteiger charge is 2.22. The lowest BCUT2D eigenvalue weighted by atomic mass is 10.1. The van der Waals surface area contributed by atoms with Crippen LogP contribution < -0.4 is 5.32 Å². The molecule has 1 aliphatic heterocycles. The molecule has 2 aromatic heterocycles. The minimum atomic E-state index is 0.391. The second-order valence-electron chi connectivity index (χ2n) is 6.41. The van der Waals surface area contributed by atoms with Crippen LogP contribution in [0.2, 0.25) is 0 Å². The molecule has 4 rings (SSSR count). The molecule has 0 amide bonds. The molecular formula is C17H21N5S. The highest BCUT2D eigenvalue weighted by molar-refractivity contribution is 7.18. The van der Waals surface area contributed by atoms with Crippen molar-refractivity contribution in [3.8, 4) is 0 Å². The zero-order chi connectivity index (χ0) is 15.8. The molecule has 5 nitrogen and oxygen atoms in total. The van der Waals surface area contributed by atoms with Gasteiger partial charge in [-0.25, -0.2) is 14.6 Å². The van der Waals surface area contributed by atoms with Gasteiger partial charge < -0.3 is 5.32 Å². The fraction of sp³-hybridized carbons (Fsp3) is 0.471. The third-order valence-electron chi connectivity index (χ3n) is 4.27. The molecule has 0 radical (unpaired) electrons. The minimum Gasteiger partial charge on any atom is -0.306 e. The van der Waals surface area contributed by atoms with Gasteiger partial charge in [0.1, 0.15) is 10.8 Å². The van der Waals surface area contributed by atoms with Gasteiger partial charge in [-0.15, -0.1) is 11.3 Å². The summed E-state index contributed by atoms with van der Waals surface area (Å²) in [4.78, 5) is 9.34. The predicted octanol–water partition coefficient (Wildman–Crippen LogP) is 3.12. The number of hydrogen-bond acceptors (Lipinski definition) is 5. The van der Waals surface area contributed by atoms with E-state index in [2.05, 4.69) is 57.1 Å². The van der Waals surface area contributed by atoms with E-state index in [0.29, 0.717) is 12.0 Å². The number of nitrogens with zero attached hydrogens (tertiary/aromatic N) is 4. The number of aryl methyl sites for hydroxylation is 1. The van der Waals surface area contributed by atoms with Crippen LogP contribution in [0.25, 0.3) is 10.2 Å². The Labute approximate surface area is 139 Å². The zero-order valence-corrected chi connectivity index (χ0v) is 14.3. The van der Waals surface area contributed by atoms with E-state index in [1.165, 1.54) is 4.70 Å². The zero-order valence-electron chi connectivity index (χ0n) is 13.5. The van der Waals surface area contributed by atoms with E-state index in [-0.39, 0.29) is 0 Å².